The highest BCUT2D eigenvalue weighted by molar-refractivity contribution is 5.71. The molecule has 0 spiro atoms. The Labute approximate surface area is 189 Å². The van der Waals surface area contributed by atoms with E-state index in [0.29, 0.717) is 17.0 Å². The maximum Gasteiger partial charge on any atom is 0.416 e. The molecule has 0 saturated carbocycles. The average Bonchev–Trinajstić information content (AvgIpc) is 3.48. The molecule has 11 heteroatoms. The van der Waals surface area contributed by atoms with Crippen LogP contribution in [0.2, 0.25) is 0 Å². The Morgan fingerprint density at radius 1 is 1.06 bits per heavy atom. The number of methoxy groups -OCH3 is 1. The molecule has 5 rings (SSSR count). The van der Waals surface area contributed by atoms with Crippen LogP contribution < -0.4 is 10.3 Å². The second kappa shape index (κ2) is 8.18. The van der Waals surface area contributed by atoms with E-state index in [2.05, 4.69) is 15.2 Å². The number of hydrogen-bond acceptors (Lipinski definition) is 6. The molecule has 5 aromatic rings. The normalized spacial score (nSPS) is 11.8. The summed E-state index contributed by atoms with van der Waals surface area (Å²) >= 11 is 0. The fourth-order valence-electron chi connectivity index (χ4n) is 3.56. The predicted molar refractivity (Wildman–Crippen MR) is 115 cm³/mol. The van der Waals surface area contributed by atoms with Crippen LogP contribution in [-0.4, -0.2) is 31.4 Å². The number of nitrogens with zero attached hydrogens (tertiary/aromatic N) is 5. The lowest BCUT2D eigenvalue weighted by atomic mass is 10.1. The number of para-hydroxylation sites is 1. The minimum absolute atomic E-state index is 0.00182. The van der Waals surface area contributed by atoms with Crippen molar-refractivity contribution in [2.45, 2.75) is 12.7 Å². The zero-order valence-electron chi connectivity index (χ0n) is 17.7. The van der Waals surface area contributed by atoms with E-state index in [1.165, 1.54) is 27.4 Å². The van der Waals surface area contributed by atoms with Crippen molar-refractivity contribution in [2.24, 2.45) is 0 Å². The van der Waals surface area contributed by atoms with Crippen LogP contribution in [0.5, 0.6) is 5.75 Å². The lowest BCUT2D eigenvalue weighted by molar-refractivity contribution is -0.137. The van der Waals surface area contributed by atoms with Gasteiger partial charge in [0.2, 0.25) is 11.7 Å². The van der Waals surface area contributed by atoms with Gasteiger partial charge >= 0.3 is 6.18 Å². The number of benzene rings is 2. The van der Waals surface area contributed by atoms with Crippen molar-refractivity contribution in [1.82, 2.24) is 24.3 Å². The van der Waals surface area contributed by atoms with Gasteiger partial charge < -0.3 is 13.8 Å². The van der Waals surface area contributed by atoms with Crippen LogP contribution in [0.4, 0.5) is 13.2 Å². The largest absolute Gasteiger partial charge is 0.496 e. The predicted octanol–water partition coefficient (Wildman–Crippen LogP) is 4.29. The highest BCUT2D eigenvalue weighted by Crippen LogP contribution is 2.31. The Hall–Kier alpha value is -4.41. The van der Waals surface area contributed by atoms with Gasteiger partial charge in [-0.05, 0) is 30.3 Å². The van der Waals surface area contributed by atoms with Gasteiger partial charge in [0.15, 0.2) is 0 Å². The van der Waals surface area contributed by atoms with Gasteiger partial charge in [-0.2, -0.15) is 23.3 Å². The van der Waals surface area contributed by atoms with E-state index in [1.807, 2.05) is 18.2 Å². The number of ether oxygens (including phenoxy) is 1. The quantitative estimate of drug-likeness (QED) is 0.383. The molecule has 0 amide bonds. The lowest BCUT2D eigenvalue weighted by Crippen LogP contribution is -2.21. The molecular weight excluding hydrogens is 451 g/mol. The molecule has 0 radical (unpaired) electrons. The molecule has 0 atom stereocenters. The third-order valence-corrected chi connectivity index (χ3v) is 5.21. The highest BCUT2D eigenvalue weighted by Gasteiger charge is 2.30. The third kappa shape index (κ3) is 3.91. The average molecular weight is 467 g/mol. The van der Waals surface area contributed by atoms with Gasteiger partial charge in [-0.15, -0.1) is 0 Å². The van der Waals surface area contributed by atoms with Crippen molar-refractivity contribution >= 4 is 5.52 Å². The van der Waals surface area contributed by atoms with E-state index in [9.17, 15) is 18.0 Å². The Balaban J connectivity index is 1.45. The van der Waals surface area contributed by atoms with Crippen molar-refractivity contribution in [3.63, 3.8) is 0 Å². The number of alkyl halides is 3. The molecule has 3 heterocycles. The summed E-state index contributed by atoms with van der Waals surface area (Å²) in [6.45, 7) is -0.0591. The lowest BCUT2D eigenvalue weighted by Gasteiger charge is -2.06. The number of aromatic nitrogens is 5. The van der Waals surface area contributed by atoms with Crippen LogP contribution in [0.25, 0.3) is 28.2 Å². The Bertz CT molecular complexity index is 1550. The van der Waals surface area contributed by atoms with Gasteiger partial charge in [0, 0.05) is 23.5 Å². The molecule has 3 aromatic heterocycles. The first kappa shape index (κ1) is 21.4. The highest BCUT2D eigenvalue weighted by atomic mass is 19.4. The standard InChI is InChI=1S/C23H16F3N5O3/c1-33-19-8-3-2-7-16(19)17-12-18-22(32)30(9-10-31(18)28-17)13-20-27-21(29-34-20)14-5-4-6-15(11-14)23(24,25)26/h2-12H,13H2,1H3. The minimum Gasteiger partial charge on any atom is -0.496 e. The van der Waals surface area contributed by atoms with Gasteiger partial charge in [-0.3, -0.25) is 4.79 Å². The van der Waals surface area contributed by atoms with Gasteiger partial charge in [-0.1, -0.05) is 29.4 Å². The van der Waals surface area contributed by atoms with Gasteiger partial charge in [-0.25, -0.2) is 4.52 Å². The molecule has 172 valence electrons. The van der Waals surface area contributed by atoms with Gasteiger partial charge in [0.1, 0.15) is 17.8 Å². The van der Waals surface area contributed by atoms with Crippen molar-refractivity contribution < 1.29 is 22.4 Å². The van der Waals surface area contributed by atoms with Crippen molar-refractivity contribution in [3.05, 3.63) is 88.8 Å². The van der Waals surface area contributed by atoms with E-state index in [-0.39, 0.29) is 29.4 Å². The molecule has 0 aliphatic heterocycles. The van der Waals surface area contributed by atoms with Crippen molar-refractivity contribution in [2.75, 3.05) is 7.11 Å². The van der Waals surface area contributed by atoms with E-state index in [0.717, 1.165) is 17.7 Å². The Kier molecular flexibility index (Phi) is 5.16. The smallest absolute Gasteiger partial charge is 0.416 e. The van der Waals surface area contributed by atoms with Crippen LogP contribution >= 0.6 is 0 Å². The van der Waals surface area contributed by atoms with Crippen LogP contribution in [0.3, 0.4) is 0 Å². The van der Waals surface area contributed by atoms with Gasteiger partial charge in [0.25, 0.3) is 5.56 Å². The molecule has 0 aliphatic rings. The summed E-state index contributed by atoms with van der Waals surface area (Å²) in [7, 11) is 1.56. The monoisotopic (exact) mass is 467 g/mol. The second-order valence-electron chi connectivity index (χ2n) is 7.38. The maximum atomic E-state index is 13.0. The first-order chi connectivity index (χ1) is 16.3. The molecule has 0 unspecified atom stereocenters. The first-order valence-electron chi connectivity index (χ1n) is 10.1. The molecule has 34 heavy (non-hydrogen) atoms. The summed E-state index contributed by atoms with van der Waals surface area (Å²) in [6, 6.07) is 13.6. The first-order valence-corrected chi connectivity index (χ1v) is 10.1. The third-order valence-electron chi connectivity index (χ3n) is 5.21. The summed E-state index contributed by atoms with van der Waals surface area (Å²) in [5.74, 6) is 0.695. The van der Waals surface area contributed by atoms with Crippen LogP contribution in [0.15, 0.2) is 76.3 Å². The topological polar surface area (TPSA) is 87.5 Å². The zero-order valence-corrected chi connectivity index (χ0v) is 17.7. The summed E-state index contributed by atoms with van der Waals surface area (Å²) < 4.78 is 52.3. The maximum absolute atomic E-state index is 13.0. The Morgan fingerprint density at radius 2 is 1.88 bits per heavy atom. The van der Waals surface area contributed by atoms with Crippen LogP contribution in [0, 0.1) is 0 Å². The van der Waals surface area contributed by atoms with E-state index in [1.54, 1.807) is 25.4 Å². The molecule has 2 aromatic carbocycles. The van der Waals surface area contributed by atoms with Gasteiger partial charge in [0.05, 0.1) is 18.4 Å². The molecule has 8 nitrogen and oxygen atoms in total. The van der Waals surface area contributed by atoms with Crippen LogP contribution in [0.1, 0.15) is 11.5 Å². The minimum atomic E-state index is -4.49. The molecule has 0 N–H and O–H groups in total. The summed E-state index contributed by atoms with van der Waals surface area (Å²) in [5, 5.41) is 8.21. The second-order valence-corrected chi connectivity index (χ2v) is 7.38. The van der Waals surface area contributed by atoms with Crippen molar-refractivity contribution in [1.29, 1.82) is 0 Å². The summed E-state index contributed by atoms with van der Waals surface area (Å²) in [5.41, 5.74) is 0.615. The van der Waals surface area contributed by atoms with Crippen LogP contribution in [-0.2, 0) is 12.7 Å². The zero-order chi connectivity index (χ0) is 23.9. The van der Waals surface area contributed by atoms with E-state index >= 15 is 0 Å². The van der Waals surface area contributed by atoms with E-state index < -0.39 is 11.7 Å². The number of halogens is 3. The van der Waals surface area contributed by atoms with E-state index in [4.69, 9.17) is 9.26 Å². The molecule has 0 bridgehead atoms. The number of hydrogen-bond donors (Lipinski definition) is 0. The summed E-state index contributed by atoms with van der Waals surface area (Å²) in [4.78, 5) is 17.2. The number of fused-ring (bicyclic) bond motifs is 1. The fourth-order valence-corrected chi connectivity index (χ4v) is 3.56. The fraction of sp³-hybridized carbons (Fsp3) is 0.130. The molecule has 0 saturated heterocycles. The number of rotatable bonds is 5. The molecular formula is C23H16F3N5O3. The summed E-state index contributed by atoms with van der Waals surface area (Å²) in [6.07, 6.45) is -1.36. The molecule has 0 fully saturated rings. The SMILES string of the molecule is COc1ccccc1-c1cc2c(=O)n(Cc3nc(-c4cccc(C(F)(F)F)c4)no3)ccn2n1. The molecule has 0 aliphatic carbocycles. The Morgan fingerprint density at radius 3 is 2.68 bits per heavy atom. The van der Waals surface area contributed by atoms with Crippen molar-refractivity contribution in [3.8, 4) is 28.4 Å².